The molecule has 0 heterocycles. The standard InChI is InChI=1S/C17H37N3O/c1-7-15(8-2)20(13-14(3)4)12-10-9-11-17(5,6)16(18)19-21/h14-15,21H,7-13H2,1-6H3,(H2,18,19). The van der Waals surface area contributed by atoms with Crippen LogP contribution in [0, 0.1) is 11.3 Å². The van der Waals surface area contributed by atoms with E-state index < -0.39 is 0 Å². The third-order valence-corrected chi connectivity index (χ3v) is 4.36. The lowest BCUT2D eigenvalue weighted by atomic mass is 9.86. The Bertz CT molecular complexity index is 296. The summed E-state index contributed by atoms with van der Waals surface area (Å²) in [5, 5.41) is 12.0. The second kappa shape index (κ2) is 10.0. The smallest absolute Gasteiger partial charge is 0.144 e. The van der Waals surface area contributed by atoms with E-state index in [-0.39, 0.29) is 5.41 Å². The predicted octanol–water partition coefficient (Wildman–Crippen LogP) is 4.08. The average molecular weight is 300 g/mol. The number of unbranched alkanes of at least 4 members (excludes halogenated alkanes) is 1. The molecule has 4 heteroatoms. The van der Waals surface area contributed by atoms with Gasteiger partial charge < -0.3 is 15.8 Å². The van der Waals surface area contributed by atoms with Crippen LogP contribution in [0.3, 0.4) is 0 Å². The van der Waals surface area contributed by atoms with E-state index >= 15 is 0 Å². The van der Waals surface area contributed by atoms with E-state index in [4.69, 9.17) is 10.9 Å². The summed E-state index contributed by atoms with van der Waals surface area (Å²) in [6.45, 7) is 15.5. The number of nitrogens with two attached hydrogens (primary N) is 1. The van der Waals surface area contributed by atoms with Crippen molar-refractivity contribution in [2.45, 2.75) is 79.7 Å². The van der Waals surface area contributed by atoms with Crippen LogP contribution in [0.4, 0.5) is 0 Å². The van der Waals surface area contributed by atoms with Gasteiger partial charge in [0.05, 0.1) is 0 Å². The summed E-state index contributed by atoms with van der Waals surface area (Å²) < 4.78 is 0. The first-order chi connectivity index (χ1) is 9.78. The van der Waals surface area contributed by atoms with E-state index in [1.165, 1.54) is 25.8 Å². The molecule has 0 saturated carbocycles. The lowest BCUT2D eigenvalue weighted by Crippen LogP contribution is -2.38. The summed E-state index contributed by atoms with van der Waals surface area (Å²) in [4.78, 5) is 2.64. The van der Waals surface area contributed by atoms with Crippen molar-refractivity contribution in [3.8, 4) is 0 Å². The van der Waals surface area contributed by atoms with Crippen LogP contribution in [0.25, 0.3) is 0 Å². The Morgan fingerprint density at radius 2 is 1.76 bits per heavy atom. The predicted molar refractivity (Wildman–Crippen MR) is 91.8 cm³/mol. The van der Waals surface area contributed by atoms with Gasteiger partial charge >= 0.3 is 0 Å². The maximum absolute atomic E-state index is 8.81. The first kappa shape index (κ1) is 20.2. The highest BCUT2D eigenvalue weighted by Gasteiger charge is 2.23. The van der Waals surface area contributed by atoms with Crippen LogP contribution in [0.5, 0.6) is 0 Å². The number of hydrogen-bond donors (Lipinski definition) is 2. The van der Waals surface area contributed by atoms with E-state index in [9.17, 15) is 0 Å². The van der Waals surface area contributed by atoms with E-state index in [0.717, 1.165) is 19.4 Å². The Hall–Kier alpha value is -0.770. The van der Waals surface area contributed by atoms with Gasteiger partial charge in [-0.3, -0.25) is 0 Å². The third kappa shape index (κ3) is 7.70. The molecule has 0 aromatic rings. The van der Waals surface area contributed by atoms with Crippen LogP contribution in [0.1, 0.15) is 73.6 Å². The summed E-state index contributed by atoms with van der Waals surface area (Å²) in [6.07, 6.45) is 5.68. The Balaban J connectivity index is 4.31. The van der Waals surface area contributed by atoms with Crippen molar-refractivity contribution >= 4 is 5.84 Å². The van der Waals surface area contributed by atoms with E-state index in [2.05, 4.69) is 37.8 Å². The molecule has 0 aliphatic heterocycles. The summed E-state index contributed by atoms with van der Waals surface area (Å²) in [5.74, 6) is 1.04. The molecule has 0 unspecified atom stereocenters. The molecule has 0 aliphatic carbocycles. The van der Waals surface area contributed by atoms with Crippen molar-refractivity contribution in [1.82, 2.24) is 4.90 Å². The molecule has 4 nitrogen and oxygen atoms in total. The van der Waals surface area contributed by atoms with E-state index in [1.807, 2.05) is 13.8 Å². The molecule has 0 atom stereocenters. The van der Waals surface area contributed by atoms with Gasteiger partial charge in [0.2, 0.25) is 0 Å². The first-order valence-electron chi connectivity index (χ1n) is 8.50. The van der Waals surface area contributed by atoms with Gasteiger partial charge in [0.15, 0.2) is 0 Å². The molecule has 0 fully saturated rings. The van der Waals surface area contributed by atoms with Gasteiger partial charge in [0.1, 0.15) is 5.84 Å². The second-order valence-electron chi connectivity index (χ2n) is 7.19. The number of nitrogens with zero attached hydrogens (tertiary/aromatic N) is 2. The Morgan fingerprint density at radius 1 is 1.19 bits per heavy atom. The van der Waals surface area contributed by atoms with Crippen LogP contribution < -0.4 is 5.73 Å². The molecular formula is C17H37N3O. The molecule has 0 aromatic heterocycles. The summed E-state index contributed by atoms with van der Waals surface area (Å²) in [7, 11) is 0. The third-order valence-electron chi connectivity index (χ3n) is 4.36. The molecular weight excluding hydrogens is 262 g/mol. The fourth-order valence-electron chi connectivity index (χ4n) is 2.84. The first-order valence-corrected chi connectivity index (χ1v) is 8.50. The molecule has 0 rings (SSSR count). The number of oxime groups is 1. The summed E-state index contributed by atoms with van der Waals surface area (Å²) in [5.41, 5.74) is 5.52. The van der Waals surface area contributed by atoms with Gasteiger partial charge in [-0.2, -0.15) is 0 Å². The molecule has 3 N–H and O–H groups in total. The highest BCUT2D eigenvalue weighted by Crippen LogP contribution is 2.24. The molecule has 0 aliphatic rings. The fourth-order valence-corrected chi connectivity index (χ4v) is 2.84. The van der Waals surface area contributed by atoms with Gasteiger partial charge in [-0.25, -0.2) is 0 Å². The molecule has 0 spiro atoms. The summed E-state index contributed by atoms with van der Waals surface area (Å²) in [6, 6.07) is 0.699. The molecule has 126 valence electrons. The van der Waals surface area contributed by atoms with Crippen molar-refractivity contribution < 1.29 is 5.21 Å². The molecule has 0 radical (unpaired) electrons. The Morgan fingerprint density at radius 3 is 2.19 bits per heavy atom. The van der Waals surface area contributed by atoms with Crippen molar-refractivity contribution in [2.24, 2.45) is 22.2 Å². The van der Waals surface area contributed by atoms with Crippen LogP contribution >= 0.6 is 0 Å². The van der Waals surface area contributed by atoms with Gasteiger partial charge in [-0.1, -0.05) is 53.1 Å². The van der Waals surface area contributed by atoms with Crippen molar-refractivity contribution in [3.63, 3.8) is 0 Å². The second-order valence-corrected chi connectivity index (χ2v) is 7.19. The number of hydrogen-bond acceptors (Lipinski definition) is 3. The van der Waals surface area contributed by atoms with Gasteiger partial charge in [-0.15, -0.1) is 0 Å². The lowest BCUT2D eigenvalue weighted by molar-refractivity contribution is 0.161. The monoisotopic (exact) mass is 299 g/mol. The largest absolute Gasteiger partial charge is 0.409 e. The maximum atomic E-state index is 8.81. The van der Waals surface area contributed by atoms with Crippen LogP contribution in [-0.2, 0) is 0 Å². The number of amidine groups is 1. The minimum Gasteiger partial charge on any atom is -0.409 e. The molecule has 0 amide bonds. The normalized spacial score (nSPS) is 13.7. The number of rotatable bonds is 11. The van der Waals surface area contributed by atoms with Crippen LogP contribution in [0.15, 0.2) is 5.16 Å². The van der Waals surface area contributed by atoms with Gasteiger partial charge in [0.25, 0.3) is 0 Å². The minimum absolute atomic E-state index is 0.216. The van der Waals surface area contributed by atoms with E-state index in [0.29, 0.717) is 17.8 Å². The van der Waals surface area contributed by atoms with Crippen LogP contribution in [-0.4, -0.2) is 35.1 Å². The fraction of sp³-hybridized carbons (Fsp3) is 0.941. The zero-order valence-corrected chi connectivity index (χ0v) is 15.0. The van der Waals surface area contributed by atoms with Crippen molar-refractivity contribution in [2.75, 3.05) is 13.1 Å². The molecule has 0 saturated heterocycles. The Labute approximate surface area is 131 Å². The highest BCUT2D eigenvalue weighted by atomic mass is 16.4. The zero-order valence-electron chi connectivity index (χ0n) is 15.0. The van der Waals surface area contributed by atoms with Crippen molar-refractivity contribution in [1.29, 1.82) is 0 Å². The lowest BCUT2D eigenvalue weighted by Gasteiger charge is -2.32. The maximum Gasteiger partial charge on any atom is 0.144 e. The Kier molecular flexibility index (Phi) is 9.67. The van der Waals surface area contributed by atoms with Crippen molar-refractivity contribution in [3.05, 3.63) is 0 Å². The summed E-state index contributed by atoms with van der Waals surface area (Å²) >= 11 is 0. The van der Waals surface area contributed by atoms with E-state index in [1.54, 1.807) is 0 Å². The van der Waals surface area contributed by atoms with Gasteiger partial charge in [-0.05, 0) is 38.1 Å². The SMILES string of the molecule is CCC(CC)N(CCCCC(C)(C)C(N)=NO)CC(C)C. The minimum atomic E-state index is -0.216. The van der Waals surface area contributed by atoms with Gasteiger partial charge in [0, 0.05) is 18.0 Å². The molecule has 0 bridgehead atoms. The van der Waals surface area contributed by atoms with Crippen LogP contribution in [0.2, 0.25) is 0 Å². The topological polar surface area (TPSA) is 61.8 Å². The average Bonchev–Trinajstić information content (AvgIpc) is 2.42. The molecule has 0 aromatic carbocycles. The quantitative estimate of drug-likeness (QED) is 0.199. The zero-order chi connectivity index (χ0) is 16.5. The molecule has 21 heavy (non-hydrogen) atoms. The highest BCUT2D eigenvalue weighted by molar-refractivity contribution is 5.85.